The number of alkyl halides is 3. The molecule has 0 heterocycles. The Morgan fingerprint density at radius 2 is 2.00 bits per heavy atom. The van der Waals surface area contributed by atoms with Crippen LogP contribution in [-0.2, 0) is 9.53 Å². The molecule has 0 aliphatic carbocycles. The van der Waals surface area contributed by atoms with Crippen molar-refractivity contribution in [2.75, 3.05) is 7.11 Å². The van der Waals surface area contributed by atoms with Gasteiger partial charge < -0.3 is 4.74 Å². The molecule has 1 aromatic carbocycles. The summed E-state index contributed by atoms with van der Waals surface area (Å²) in [6, 6.07) is 5.55. The quantitative estimate of drug-likeness (QED) is 0.433. The van der Waals surface area contributed by atoms with Gasteiger partial charge in [0.1, 0.15) is 10.6 Å². The third-order valence-electron chi connectivity index (χ3n) is 2.71. The van der Waals surface area contributed by atoms with Gasteiger partial charge in [-0.15, -0.1) is 6.58 Å². The number of carbonyl (C=O) groups excluding carboxylic acids is 1. The van der Waals surface area contributed by atoms with Gasteiger partial charge in [-0.1, -0.05) is 36.4 Å². The van der Waals surface area contributed by atoms with Gasteiger partial charge in [-0.05, 0) is 24.2 Å². The molecule has 2 nitrogen and oxygen atoms in total. The Hall–Kier alpha value is -1.76. The van der Waals surface area contributed by atoms with E-state index in [4.69, 9.17) is 0 Å². The molecule has 1 atom stereocenters. The first-order valence-electron chi connectivity index (χ1n) is 6.14. The molecule has 0 spiro atoms. The topological polar surface area (TPSA) is 26.3 Å². The molecule has 1 unspecified atom stereocenters. The zero-order valence-electron chi connectivity index (χ0n) is 11.7. The maximum absolute atomic E-state index is 13.6. The summed E-state index contributed by atoms with van der Waals surface area (Å²) < 4.78 is 54.4. The summed E-state index contributed by atoms with van der Waals surface area (Å²) in [4.78, 5) is 11.9. The Balaban J connectivity index is 3.26. The maximum atomic E-state index is 13.6. The van der Waals surface area contributed by atoms with E-state index >= 15 is 0 Å². The number of hydrogen-bond acceptors (Lipinski definition) is 3. The van der Waals surface area contributed by atoms with E-state index in [1.165, 1.54) is 30.3 Å². The molecule has 1 aromatic rings. The van der Waals surface area contributed by atoms with Crippen LogP contribution in [0.15, 0.2) is 43.0 Å². The molecule has 22 heavy (non-hydrogen) atoms. The molecule has 1 rings (SSSR count). The molecule has 0 fully saturated rings. The van der Waals surface area contributed by atoms with Crippen molar-refractivity contribution in [2.24, 2.45) is 0 Å². The van der Waals surface area contributed by atoms with Crippen molar-refractivity contribution >= 4 is 23.8 Å². The predicted octanol–water partition coefficient (Wildman–Crippen LogP) is 4.58. The highest BCUT2D eigenvalue weighted by atomic mass is 32.2. The molecule has 7 heteroatoms. The van der Waals surface area contributed by atoms with Crippen LogP contribution >= 0.6 is 11.8 Å². The number of methoxy groups -OCH3 is 1. The fourth-order valence-corrected chi connectivity index (χ4v) is 2.68. The number of benzene rings is 1. The van der Waals surface area contributed by atoms with E-state index in [0.717, 1.165) is 19.3 Å². The summed E-state index contributed by atoms with van der Waals surface area (Å²) >= 11 is -0.523. The SMILES string of the molecule is C=CCC(/C=C/c1ccccc1F)(SC(F)(F)F)C(=O)OC. The third-order valence-corrected chi connectivity index (χ3v) is 3.78. The van der Waals surface area contributed by atoms with Crippen molar-refractivity contribution in [3.8, 4) is 0 Å². The van der Waals surface area contributed by atoms with Crippen molar-refractivity contribution in [2.45, 2.75) is 16.7 Å². The molecule has 0 bridgehead atoms. The molecule has 0 saturated carbocycles. The van der Waals surface area contributed by atoms with E-state index in [1.807, 2.05) is 0 Å². The van der Waals surface area contributed by atoms with Gasteiger partial charge in [0.25, 0.3) is 0 Å². The van der Waals surface area contributed by atoms with Gasteiger partial charge >= 0.3 is 11.5 Å². The van der Waals surface area contributed by atoms with Gasteiger partial charge in [0, 0.05) is 5.56 Å². The van der Waals surface area contributed by atoms with Crippen LogP contribution in [-0.4, -0.2) is 23.3 Å². The lowest BCUT2D eigenvalue weighted by Crippen LogP contribution is -2.36. The van der Waals surface area contributed by atoms with E-state index in [2.05, 4.69) is 11.3 Å². The Morgan fingerprint density at radius 1 is 1.36 bits per heavy atom. The summed E-state index contributed by atoms with van der Waals surface area (Å²) in [6.07, 6.45) is 3.00. The predicted molar refractivity (Wildman–Crippen MR) is 78.6 cm³/mol. The second-order valence-electron chi connectivity index (χ2n) is 4.28. The summed E-state index contributed by atoms with van der Waals surface area (Å²) in [5.74, 6) is -1.68. The van der Waals surface area contributed by atoms with E-state index in [-0.39, 0.29) is 12.0 Å². The molecule has 0 amide bonds. The molecule has 0 saturated heterocycles. The number of rotatable bonds is 6. The Labute approximate surface area is 129 Å². The lowest BCUT2D eigenvalue weighted by molar-refractivity contribution is -0.142. The standard InChI is InChI=1S/C15H14F4O2S/c1-3-9-14(13(20)21-2,22-15(17,18)19)10-8-11-6-4-5-7-12(11)16/h3-8,10H,1,9H2,2H3/b10-8+. The normalized spacial score (nSPS) is 14.6. The highest BCUT2D eigenvalue weighted by molar-refractivity contribution is 8.02. The summed E-state index contributed by atoms with van der Waals surface area (Å²) in [7, 11) is 0.994. The fourth-order valence-electron chi connectivity index (χ4n) is 1.77. The van der Waals surface area contributed by atoms with Crippen molar-refractivity contribution in [3.63, 3.8) is 0 Å². The van der Waals surface area contributed by atoms with Crippen LogP contribution in [0, 0.1) is 5.82 Å². The van der Waals surface area contributed by atoms with Crippen LogP contribution in [0.25, 0.3) is 6.08 Å². The molecular formula is C15H14F4O2S. The Morgan fingerprint density at radius 3 is 2.50 bits per heavy atom. The third kappa shape index (κ3) is 4.91. The van der Waals surface area contributed by atoms with Crippen LogP contribution in [0.4, 0.5) is 17.6 Å². The average molecular weight is 334 g/mol. The highest BCUT2D eigenvalue weighted by Gasteiger charge is 2.47. The van der Waals surface area contributed by atoms with E-state index in [0.29, 0.717) is 0 Å². The first-order valence-corrected chi connectivity index (χ1v) is 6.96. The minimum absolute atomic E-state index is 0.0719. The van der Waals surface area contributed by atoms with Crippen LogP contribution in [0.3, 0.4) is 0 Å². The summed E-state index contributed by atoms with van der Waals surface area (Å²) in [5, 5.41) is 0. The van der Waals surface area contributed by atoms with E-state index in [9.17, 15) is 22.4 Å². The zero-order chi connectivity index (χ0) is 16.8. The van der Waals surface area contributed by atoms with Crippen molar-refractivity contribution < 1.29 is 27.1 Å². The highest BCUT2D eigenvalue weighted by Crippen LogP contribution is 2.44. The molecule has 0 aliphatic heterocycles. The molecule has 120 valence electrons. The monoisotopic (exact) mass is 334 g/mol. The van der Waals surface area contributed by atoms with E-state index < -0.39 is 33.8 Å². The van der Waals surface area contributed by atoms with Crippen LogP contribution in [0.2, 0.25) is 0 Å². The average Bonchev–Trinajstić information content (AvgIpc) is 2.44. The van der Waals surface area contributed by atoms with Crippen molar-refractivity contribution in [3.05, 3.63) is 54.4 Å². The second-order valence-corrected chi connectivity index (χ2v) is 5.67. The first kappa shape index (κ1) is 18.3. The number of ether oxygens (including phenoxy) is 1. The number of carbonyl (C=O) groups is 1. The second kappa shape index (κ2) is 7.49. The maximum Gasteiger partial charge on any atom is 0.443 e. The Bertz CT molecular complexity index is 569. The molecule has 0 aromatic heterocycles. The van der Waals surface area contributed by atoms with Gasteiger partial charge in [-0.3, -0.25) is 4.79 Å². The number of esters is 1. The number of allylic oxidation sites excluding steroid dienone is 1. The number of thioether (sulfide) groups is 1. The molecule has 0 N–H and O–H groups in total. The largest absolute Gasteiger partial charge is 0.468 e. The fraction of sp³-hybridized carbons (Fsp3) is 0.267. The van der Waals surface area contributed by atoms with Gasteiger partial charge in [0.2, 0.25) is 0 Å². The number of halogens is 4. The van der Waals surface area contributed by atoms with Gasteiger partial charge in [-0.25, -0.2) is 4.39 Å². The summed E-state index contributed by atoms with van der Waals surface area (Å²) in [6.45, 7) is 3.37. The van der Waals surface area contributed by atoms with E-state index in [1.54, 1.807) is 0 Å². The van der Waals surface area contributed by atoms with Gasteiger partial charge in [-0.2, -0.15) is 13.2 Å². The van der Waals surface area contributed by atoms with Gasteiger partial charge in [0.05, 0.1) is 7.11 Å². The van der Waals surface area contributed by atoms with Crippen molar-refractivity contribution in [1.82, 2.24) is 0 Å². The molecule has 0 radical (unpaired) electrons. The minimum atomic E-state index is -4.67. The van der Waals surface area contributed by atoms with Crippen LogP contribution in [0.5, 0.6) is 0 Å². The van der Waals surface area contributed by atoms with Gasteiger partial charge in [0.15, 0.2) is 0 Å². The zero-order valence-corrected chi connectivity index (χ0v) is 12.5. The summed E-state index contributed by atoms with van der Waals surface area (Å²) in [5.41, 5.74) is -4.60. The van der Waals surface area contributed by atoms with Crippen molar-refractivity contribution in [1.29, 1.82) is 0 Å². The van der Waals surface area contributed by atoms with Crippen LogP contribution < -0.4 is 0 Å². The number of hydrogen-bond donors (Lipinski definition) is 0. The first-order chi connectivity index (χ1) is 10.2. The lowest BCUT2D eigenvalue weighted by Gasteiger charge is -2.26. The Kier molecular flexibility index (Phi) is 6.22. The lowest BCUT2D eigenvalue weighted by atomic mass is 10.0. The minimum Gasteiger partial charge on any atom is -0.468 e. The molecule has 0 aliphatic rings. The van der Waals surface area contributed by atoms with Crippen LogP contribution in [0.1, 0.15) is 12.0 Å². The smallest absolute Gasteiger partial charge is 0.443 e. The molecular weight excluding hydrogens is 320 g/mol.